The maximum atomic E-state index is 10.8. The number of carboxylic acid groups (broad SMARTS) is 1. The number of ether oxygens (including phenoxy) is 1. The second kappa shape index (κ2) is 5.87. The number of imidazole rings is 1. The summed E-state index contributed by atoms with van der Waals surface area (Å²) in [6, 6.07) is 5.74. The Kier molecular flexibility index (Phi) is 4.10. The Morgan fingerprint density at radius 2 is 2.43 bits per heavy atom. The summed E-state index contributed by atoms with van der Waals surface area (Å²) in [7, 11) is 0. The Hall–Kier alpha value is -1.24. The molecule has 5 nitrogen and oxygen atoms in total. The van der Waals surface area contributed by atoms with Crippen LogP contribution in [-0.4, -0.2) is 39.1 Å². The Morgan fingerprint density at radius 3 is 3.10 bits per heavy atom. The maximum absolute atomic E-state index is 10.8. The molecule has 1 saturated heterocycles. The van der Waals surface area contributed by atoms with E-state index >= 15 is 0 Å². The number of nitrogens with zero attached hydrogens (tertiary/aromatic N) is 2. The predicted octanol–water partition coefficient (Wildman–Crippen LogP) is 3.22. The first-order chi connectivity index (χ1) is 10.1. The van der Waals surface area contributed by atoms with E-state index in [1.54, 1.807) is 6.07 Å². The molecule has 3 rings (SSSR count). The molecular formula is C14H15ClN2O3S. The topological polar surface area (TPSA) is 64.3 Å². The highest BCUT2D eigenvalue weighted by Gasteiger charge is 2.29. The average Bonchev–Trinajstić information content (AvgIpc) is 2.98. The number of benzene rings is 1. The van der Waals surface area contributed by atoms with Crippen molar-refractivity contribution in [3.63, 3.8) is 0 Å². The van der Waals surface area contributed by atoms with Gasteiger partial charge in [-0.15, -0.1) is 0 Å². The van der Waals surface area contributed by atoms with Crippen molar-refractivity contribution >= 4 is 40.4 Å². The van der Waals surface area contributed by atoms with Crippen molar-refractivity contribution in [1.29, 1.82) is 0 Å². The predicted molar refractivity (Wildman–Crippen MR) is 82.2 cm³/mol. The van der Waals surface area contributed by atoms with Gasteiger partial charge in [-0.1, -0.05) is 23.4 Å². The Balaban J connectivity index is 2.08. The smallest absolute Gasteiger partial charge is 0.313 e. The summed E-state index contributed by atoms with van der Waals surface area (Å²) >= 11 is 7.25. The number of carboxylic acids is 1. The minimum Gasteiger partial charge on any atom is -0.481 e. The molecule has 0 bridgehead atoms. The number of carbonyl (C=O) groups is 1. The molecule has 0 saturated carbocycles. The normalized spacial score (nSPS) is 22.0. The van der Waals surface area contributed by atoms with Gasteiger partial charge in [0, 0.05) is 11.6 Å². The molecule has 7 heteroatoms. The van der Waals surface area contributed by atoms with Crippen LogP contribution < -0.4 is 0 Å². The molecule has 2 heterocycles. The lowest BCUT2D eigenvalue weighted by atomic mass is 10.1. The van der Waals surface area contributed by atoms with Crippen LogP contribution in [0, 0.1) is 0 Å². The van der Waals surface area contributed by atoms with Crippen LogP contribution in [0.1, 0.15) is 19.4 Å². The number of aromatic nitrogens is 2. The summed E-state index contributed by atoms with van der Waals surface area (Å²) in [5.74, 6) is -0.869. The van der Waals surface area contributed by atoms with E-state index in [0.717, 1.165) is 17.5 Å². The third kappa shape index (κ3) is 2.88. The van der Waals surface area contributed by atoms with Gasteiger partial charge in [0.25, 0.3) is 0 Å². The monoisotopic (exact) mass is 326 g/mol. The number of fused-ring (bicyclic) bond motifs is 1. The van der Waals surface area contributed by atoms with E-state index in [0.29, 0.717) is 16.8 Å². The van der Waals surface area contributed by atoms with Gasteiger partial charge in [0.2, 0.25) is 0 Å². The van der Waals surface area contributed by atoms with Crippen LogP contribution in [0.4, 0.5) is 0 Å². The minimum absolute atomic E-state index is 0.0149. The van der Waals surface area contributed by atoms with Crippen LogP contribution in [0.5, 0.6) is 0 Å². The van der Waals surface area contributed by atoms with E-state index in [1.165, 1.54) is 11.8 Å². The molecule has 1 aromatic carbocycles. The van der Waals surface area contributed by atoms with Gasteiger partial charge in [-0.3, -0.25) is 4.79 Å². The maximum Gasteiger partial charge on any atom is 0.313 e. The number of halogens is 1. The third-order valence-electron chi connectivity index (χ3n) is 3.61. The largest absolute Gasteiger partial charge is 0.481 e. The Bertz CT molecular complexity index is 688. The minimum atomic E-state index is -0.854. The van der Waals surface area contributed by atoms with Crippen molar-refractivity contribution in [2.75, 3.05) is 12.4 Å². The van der Waals surface area contributed by atoms with E-state index in [9.17, 15) is 4.79 Å². The molecule has 0 amide bonds. The summed E-state index contributed by atoms with van der Waals surface area (Å²) in [6.45, 7) is 2.74. The van der Waals surface area contributed by atoms with Gasteiger partial charge in [-0.2, -0.15) is 0 Å². The van der Waals surface area contributed by atoms with Crippen molar-refractivity contribution in [3.05, 3.63) is 23.2 Å². The van der Waals surface area contributed by atoms with Crippen LogP contribution in [0.2, 0.25) is 5.02 Å². The molecule has 2 aromatic rings. The fraction of sp³-hybridized carbons (Fsp3) is 0.429. The fourth-order valence-corrected chi connectivity index (χ4v) is 3.61. The molecule has 1 fully saturated rings. The van der Waals surface area contributed by atoms with Crippen molar-refractivity contribution in [3.8, 4) is 0 Å². The van der Waals surface area contributed by atoms with E-state index < -0.39 is 5.97 Å². The first kappa shape index (κ1) is 14.7. The molecule has 2 atom stereocenters. The lowest BCUT2D eigenvalue weighted by Crippen LogP contribution is -2.18. The van der Waals surface area contributed by atoms with Crippen molar-refractivity contribution < 1.29 is 14.6 Å². The van der Waals surface area contributed by atoms with Gasteiger partial charge in [0.1, 0.15) is 0 Å². The SMILES string of the molecule is CC1OCCC1n1c(SCC(=O)O)nc2cc(Cl)ccc21. The summed E-state index contributed by atoms with van der Waals surface area (Å²) in [4.78, 5) is 15.4. The second-order valence-electron chi connectivity index (χ2n) is 5.01. The lowest BCUT2D eigenvalue weighted by Gasteiger charge is -2.19. The Labute approximate surface area is 131 Å². The number of rotatable bonds is 4. The van der Waals surface area contributed by atoms with Gasteiger partial charge in [-0.25, -0.2) is 4.98 Å². The molecule has 0 radical (unpaired) electrons. The number of hydrogen-bond acceptors (Lipinski definition) is 4. The standard InChI is InChI=1S/C14H15ClN2O3S/c1-8-11(4-5-20-8)17-12-3-2-9(15)6-10(12)16-14(17)21-7-13(18)19/h2-3,6,8,11H,4-5,7H2,1H3,(H,18,19). The molecule has 1 aliphatic heterocycles. The number of thioether (sulfide) groups is 1. The zero-order valence-electron chi connectivity index (χ0n) is 11.5. The van der Waals surface area contributed by atoms with E-state index in [2.05, 4.69) is 9.55 Å². The molecule has 0 aliphatic carbocycles. The second-order valence-corrected chi connectivity index (χ2v) is 6.39. The number of hydrogen-bond donors (Lipinski definition) is 1. The van der Waals surface area contributed by atoms with Gasteiger partial charge in [0.05, 0.1) is 28.9 Å². The van der Waals surface area contributed by atoms with Crippen LogP contribution in [-0.2, 0) is 9.53 Å². The van der Waals surface area contributed by atoms with Gasteiger partial charge in [0.15, 0.2) is 5.16 Å². The highest BCUT2D eigenvalue weighted by Crippen LogP contribution is 2.35. The summed E-state index contributed by atoms with van der Waals surface area (Å²) < 4.78 is 7.74. The van der Waals surface area contributed by atoms with Crippen molar-refractivity contribution in [2.24, 2.45) is 0 Å². The quantitative estimate of drug-likeness (QED) is 0.874. The zero-order valence-corrected chi connectivity index (χ0v) is 13.0. The fourth-order valence-electron chi connectivity index (χ4n) is 2.66. The van der Waals surface area contributed by atoms with Gasteiger partial charge < -0.3 is 14.4 Å². The molecular weight excluding hydrogens is 312 g/mol. The summed E-state index contributed by atoms with van der Waals surface area (Å²) in [6.07, 6.45) is 0.984. The van der Waals surface area contributed by atoms with E-state index in [-0.39, 0.29) is 17.9 Å². The van der Waals surface area contributed by atoms with E-state index in [4.69, 9.17) is 21.4 Å². The Morgan fingerprint density at radius 1 is 1.62 bits per heavy atom. The molecule has 0 spiro atoms. The first-order valence-electron chi connectivity index (χ1n) is 6.70. The molecule has 1 aliphatic rings. The van der Waals surface area contributed by atoms with E-state index in [1.807, 2.05) is 19.1 Å². The van der Waals surface area contributed by atoms with Crippen LogP contribution in [0.15, 0.2) is 23.4 Å². The molecule has 1 aromatic heterocycles. The summed E-state index contributed by atoms with van der Waals surface area (Å²) in [5.41, 5.74) is 1.75. The lowest BCUT2D eigenvalue weighted by molar-refractivity contribution is -0.133. The highest BCUT2D eigenvalue weighted by molar-refractivity contribution is 7.99. The van der Waals surface area contributed by atoms with Crippen molar-refractivity contribution in [2.45, 2.75) is 30.6 Å². The highest BCUT2D eigenvalue weighted by atomic mass is 35.5. The first-order valence-corrected chi connectivity index (χ1v) is 8.06. The average molecular weight is 327 g/mol. The zero-order chi connectivity index (χ0) is 15.0. The van der Waals surface area contributed by atoms with Crippen LogP contribution >= 0.6 is 23.4 Å². The van der Waals surface area contributed by atoms with Crippen LogP contribution in [0.25, 0.3) is 11.0 Å². The molecule has 112 valence electrons. The molecule has 1 N–H and O–H groups in total. The van der Waals surface area contributed by atoms with Crippen LogP contribution in [0.3, 0.4) is 0 Å². The molecule has 21 heavy (non-hydrogen) atoms. The van der Waals surface area contributed by atoms with Crippen molar-refractivity contribution in [1.82, 2.24) is 9.55 Å². The summed E-state index contributed by atoms with van der Waals surface area (Å²) in [5, 5.41) is 10.2. The molecule has 2 unspecified atom stereocenters. The third-order valence-corrected chi connectivity index (χ3v) is 4.78. The van der Waals surface area contributed by atoms with Gasteiger partial charge in [-0.05, 0) is 31.5 Å². The van der Waals surface area contributed by atoms with Gasteiger partial charge >= 0.3 is 5.97 Å². The number of aliphatic carboxylic acids is 1.